The maximum absolute atomic E-state index is 14.0. The number of hydrogen-bond donors (Lipinski definition) is 1. The lowest BCUT2D eigenvalue weighted by Gasteiger charge is -2.40. The Balaban J connectivity index is 1.74. The van der Waals surface area contributed by atoms with E-state index in [2.05, 4.69) is 16.8 Å². The maximum atomic E-state index is 14.0. The molecule has 1 N–H and O–H groups in total. The second-order valence-corrected chi connectivity index (χ2v) is 9.26. The van der Waals surface area contributed by atoms with Crippen molar-refractivity contribution in [3.05, 3.63) is 83.1 Å². The number of halogens is 1. The minimum Gasteiger partial charge on any atom is -0.338 e. The van der Waals surface area contributed by atoms with Gasteiger partial charge in [-0.3, -0.25) is 9.69 Å². The summed E-state index contributed by atoms with van der Waals surface area (Å²) in [5.41, 5.74) is 3.62. The van der Waals surface area contributed by atoms with Gasteiger partial charge in [0, 0.05) is 23.8 Å². The van der Waals surface area contributed by atoms with Gasteiger partial charge < -0.3 is 14.8 Å². The Morgan fingerprint density at radius 2 is 1.82 bits per heavy atom. The summed E-state index contributed by atoms with van der Waals surface area (Å²) in [6, 6.07) is 18.8. The number of aromatic nitrogens is 1. The Hall–Kier alpha value is -3.25. The molecule has 0 radical (unpaired) electrons. The molecule has 6 nitrogen and oxygen atoms in total. The van der Waals surface area contributed by atoms with E-state index in [1.165, 1.54) is 0 Å². The molecule has 0 aliphatic carbocycles. The first kappa shape index (κ1) is 23.9. The van der Waals surface area contributed by atoms with Crippen LogP contribution in [0.5, 0.6) is 0 Å². The lowest BCUT2D eigenvalue weighted by Crippen LogP contribution is -2.51. The molecule has 0 fully saturated rings. The predicted octanol–water partition coefficient (Wildman–Crippen LogP) is 5.79. The van der Waals surface area contributed by atoms with Crippen molar-refractivity contribution in [1.29, 1.82) is 0 Å². The molecule has 0 spiro atoms. The van der Waals surface area contributed by atoms with Gasteiger partial charge in [-0.15, -0.1) is 0 Å². The summed E-state index contributed by atoms with van der Waals surface area (Å²) >= 11 is 6.35. The third-order valence-corrected chi connectivity index (χ3v) is 6.38. The number of nitrogens with one attached hydrogen (secondary N) is 1. The van der Waals surface area contributed by atoms with Crippen LogP contribution in [-0.2, 0) is 4.79 Å². The number of unbranched alkanes of at least 4 members (excludes halogenated alkanes) is 1. The van der Waals surface area contributed by atoms with Crippen LogP contribution < -0.4 is 10.2 Å². The zero-order valence-electron chi connectivity index (χ0n) is 19.9. The highest BCUT2D eigenvalue weighted by molar-refractivity contribution is 6.30. The van der Waals surface area contributed by atoms with Crippen molar-refractivity contribution < 1.29 is 9.59 Å². The molecule has 2 aromatic carbocycles. The van der Waals surface area contributed by atoms with Crippen LogP contribution in [0.4, 0.5) is 10.5 Å². The molecule has 178 valence electrons. The van der Waals surface area contributed by atoms with Gasteiger partial charge in [0.25, 0.3) is 0 Å². The Morgan fingerprint density at radius 1 is 1.06 bits per heavy atom. The summed E-state index contributed by atoms with van der Waals surface area (Å²) in [5, 5.41) is 3.56. The summed E-state index contributed by atoms with van der Waals surface area (Å²) in [6.07, 6.45) is 3.90. The van der Waals surface area contributed by atoms with Gasteiger partial charge in [0.1, 0.15) is 12.6 Å². The van der Waals surface area contributed by atoms with Gasteiger partial charge in [0.2, 0.25) is 5.91 Å². The third kappa shape index (κ3) is 4.68. The van der Waals surface area contributed by atoms with Crippen molar-refractivity contribution in [2.75, 3.05) is 18.0 Å². The van der Waals surface area contributed by atoms with Gasteiger partial charge in [-0.05, 0) is 62.2 Å². The molecule has 1 aromatic heterocycles. The molecule has 2 heterocycles. The van der Waals surface area contributed by atoms with Crippen molar-refractivity contribution in [3.63, 3.8) is 0 Å². The number of carbonyl (C=O) groups excluding carboxylic acids is 2. The molecular weight excluding hydrogens is 448 g/mol. The van der Waals surface area contributed by atoms with E-state index in [1.807, 2.05) is 85.6 Å². The van der Waals surface area contributed by atoms with Gasteiger partial charge in [-0.2, -0.15) is 0 Å². The maximum Gasteiger partial charge on any atom is 0.318 e. The van der Waals surface area contributed by atoms with Gasteiger partial charge in [0.05, 0.1) is 17.1 Å². The standard InChI is InChI=1S/C27H31ClN4O2/c1-4-5-15-29-27(34)31(19(2)3)18-25(33)32-23-13-7-6-12-22(23)30-16-9-14-24(30)26(32)20-10-8-11-21(28)17-20/h6-14,16-17,19,26H,4-5,15,18H2,1-3H3,(H,29,34). The van der Waals surface area contributed by atoms with E-state index in [0.717, 1.165) is 35.5 Å². The van der Waals surface area contributed by atoms with Gasteiger partial charge in [-0.25, -0.2) is 4.79 Å². The van der Waals surface area contributed by atoms with E-state index in [9.17, 15) is 9.59 Å². The molecule has 0 bridgehead atoms. The average Bonchev–Trinajstić information content (AvgIpc) is 3.31. The Kier molecular flexibility index (Phi) is 7.27. The van der Waals surface area contributed by atoms with Crippen molar-refractivity contribution >= 4 is 29.2 Å². The number of rotatable bonds is 7. The average molecular weight is 479 g/mol. The zero-order valence-corrected chi connectivity index (χ0v) is 20.6. The molecule has 1 atom stereocenters. The smallest absolute Gasteiger partial charge is 0.318 e. The lowest BCUT2D eigenvalue weighted by atomic mass is 9.97. The minimum absolute atomic E-state index is 0.0261. The number of benzene rings is 2. The van der Waals surface area contributed by atoms with Crippen LogP contribution in [0.25, 0.3) is 5.69 Å². The van der Waals surface area contributed by atoms with E-state index in [0.29, 0.717) is 11.6 Å². The molecular formula is C27H31ClN4O2. The summed E-state index contributed by atoms with van der Waals surface area (Å²) in [4.78, 5) is 30.3. The second-order valence-electron chi connectivity index (χ2n) is 8.82. The molecule has 3 aromatic rings. The molecule has 4 rings (SSSR count). The van der Waals surface area contributed by atoms with Crippen LogP contribution in [-0.4, -0.2) is 40.5 Å². The summed E-state index contributed by atoms with van der Waals surface area (Å²) < 4.78 is 2.11. The number of hydrogen-bond acceptors (Lipinski definition) is 2. The summed E-state index contributed by atoms with van der Waals surface area (Å²) in [5.74, 6) is -0.149. The van der Waals surface area contributed by atoms with Crippen LogP contribution in [0.3, 0.4) is 0 Å². The summed E-state index contributed by atoms with van der Waals surface area (Å²) in [7, 11) is 0. The van der Waals surface area contributed by atoms with Crippen molar-refractivity contribution in [2.24, 2.45) is 0 Å². The Bertz CT molecular complexity index is 1170. The van der Waals surface area contributed by atoms with Gasteiger partial charge in [0.15, 0.2) is 0 Å². The van der Waals surface area contributed by atoms with Crippen LogP contribution >= 0.6 is 11.6 Å². The number of urea groups is 1. The van der Waals surface area contributed by atoms with Crippen LogP contribution in [0.1, 0.15) is 50.9 Å². The third-order valence-electron chi connectivity index (χ3n) is 6.15. The number of anilines is 1. The van der Waals surface area contributed by atoms with E-state index in [1.54, 1.807) is 4.90 Å². The van der Waals surface area contributed by atoms with Crippen LogP contribution in [0, 0.1) is 0 Å². The Labute approximate surface area is 206 Å². The molecule has 3 amide bonds. The molecule has 34 heavy (non-hydrogen) atoms. The largest absolute Gasteiger partial charge is 0.338 e. The SMILES string of the molecule is CCCCNC(=O)N(CC(=O)N1c2ccccc2-n2cccc2C1c1cccc(Cl)c1)C(C)C. The Morgan fingerprint density at radius 3 is 2.53 bits per heavy atom. The van der Waals surface area contributed by atoms with Crippen LogP contribution in [0.15, 0.2) is 66.9 Å². The van der Waals surface area contributed by atoms with E-state index >= 15 is 0 Å². The van der Waals surface area contributed by atoms with Crippen molar-refractivity contribution in [1.82, 2.24) is 14.8 Å². The number of para-hydroxylation sites is 2. The topological polar surface area (TPSA) is 57.6 Å². The fraction of sp³-hybridized carbons (Fsp3) is 0.333. The lowest BCUT2D eigenvalue weighted by molar-refractivity contribution is -0.120. The normalized spacial score (nSPS) is 14.5. The summed E-state index contributed by atoms with van der Waals surface area (Å²) in [6.45, 7) is 6.50. The van der Waals surface area contributed by atoms with E-state index in [4.69, 9.17) is 11.6 Å². The monoisotopic (exact) mass is 478 g/mol. The van der Waals surface area contributed by atoms with Gasteiger partial charge in [-0.1, -0.05) is 49.2 Å². The predicted molar refractivity (Wildman–Crippen MR) is 137 cm³/mol. The van der Waals surface area contributed by atoms with Crippen molar-refractivity contribution in [2.45, 2.75) is 45.7 Å². The second kappa shape index (κ2) is 10.3. The first-order valence-corrected chi connectivity index (χ1v) is 12.2. The first-order chi connectivity index (χ1) is 16.4. The van der Waals surface area contributed by atoms with E-state index in [-0.39, 0.29) is 30.6 Å². The van der Waals surface area contributed by atoms with Crippen molar-refractivity contribution in [3.8, 4) is 5.69 Å². The van der Waals surface area contributed by atoms with E-state index < -0.39 is 0 Å². The minimum atomic E-state index is -0.367. The molecule has 0 saturated heterocycles. The molecule has 7 heteroatoms. The number of fused-ring (bicyclic) bond motifs is 3. The number of nitrogens with zero attached hydrogens (tertiary/aromatic N) is 3. The first-order valence-electron chi connectivity index (χ1n) is 11.8. The highest BCUT2D eigenvalue weighted by atomic mass is 35.5. The fourth-order valence-electron chi connectivity index (χ4n) is 4.44. The zero-order chi connectivity index (χ0) is 24.2. The molecule has 1 unspecified atom stereocenters. The molecule has 0 saturated carbocycles. The van der Waals surface area contributed by atoms with Gasteiger partial charge >= 0.3 is 6.03 Å². The van der Waals surface area contributed by atoms with Crippen LogP contribution in [0.2, 0.25) is 5.02 Å². The number of carbonyl (C=O) groups is 2. The molecule has 1 aliphatic rings. The molecule has 1 aliphatic heterocycles. The highest BCUT2D eigenvalue weighted by Gasteiger charge is 2.37. The highest BCUT2D eigenvalue weighted by Crippen LogP contribution is 2.42. The number of amides is 3. The fourth-order valence-corrected chi connectivity index (χ4v) is 4.64. The quantitative estimate of drug-likeness (QED) is 0.437.